The first-order chi connectivity index (χ1) is 10.7. The smallest absolute Gasteiger partial charge is 0.282 e. The molecule has 1 aliphatic heterocycles. The summed E-state index contributed by atoms with van der Waals surface area (Å²) in [6.07, 6.45) is 3.01. The molecule has 0 atom stereocenters. The Morgan fingerprint density at radius 1 is 1.32 bits per heavy atom. The Kier molecular flexibility index (Phi) is 2.72. The summed E-state index contributed by atoms with van der Waals surface area (Å²) in [7, 11) is 0. The Labute approximate surface area is 124 Å². The summed E-state index contributed by atoms with van der Waals surface area (Å²) in [6, 6.07) is 6.82. The van der Waals surface area contributed by atoms with E-state index < -0.39 is 0 Å². The molecule has 7 nitrogen and oxygen atoms in total. The molecule has 2 aromatic heterocycles. The number of hydrogen-bond donors (Lipinski definition) is 0. The average molecular weight is 297 g/mol. The van der Waals surface area contributed by atoms with Gasteiger partial charge in [0.15, 0.2) is 11.5 Å². The fourth-order valence-corrected chi connectivity index (χ4v) is 2.29. The van der Waals surface area contributed by atoms with E-state index in [1.54, 1.807) is 31.2 Å². The third kappa shape index (κ3) is 1.95. The summed E-state index contributed by atoms with van der Waals surface area (Å²) in [5.41, 5.74) is 0.278. The van der Waals surface area contributed by atoms with Gasteiger partial charge in [-0.2, -0.15) is 9.78 Å². The van der Waals surface area contributed by atoms with Crippen molar-refractivity contribution < 1.29 is 13.9 Å². The van der Waals surface area contributed by atoms with Crippen molar-refractivity contribution in [3.05, 3.63) is 52.5 Å². The zero-order valence-corrected chi connectivity index (χ0v) is 11.6. The maximum absolute atomic E-state index is 12.6. The fourth-order valence-electron chi connectivity index (χ4n) is 2.29. The summed E-state index contributed by atoms with van der Waals surface area (Å²) in [5.74, 6) is 2.16. The number of fused-ring (bicyclic) bond motifs is 2. The highest BCUT2D eigenvalue weighted by atomic mass is 16.7. The van der Waals surface area contributed by atoms with Crippen LogP contribution in [0.5, 0.6) is 11.5 Å². The zero-order valence-electron chi connectivity index (χ0n) is 11.6. The van der Waals surface area contributed by atoms with E-state index >= 15 is 0 Å². The lowest BCUT2D eigenvalue weighted by atomic mass is 10.2. The van der Waals surface area contributed by atoms with Crippen LogP contribution in [0.4, 0.5) is 0 Å². The molecule has 1 aromatic carbocycles. The molecule has 0 N–H and O–H groups in total. The number of furan rings is 1. The van der Waals surface area contributed by atoms with Crippen molar-refractivity contribution in [2.24, 2.45) is 5.10 Å². The van der Waals surface area contributed by atoms with Gasteiger partial charge in [-0.1, -0.05) is 0 Å². The number of rotatable bonds is 2. The molecule has 0 amide bonds. The Morgan fingerprint density at radius 2 is 2.14 bits per heavy atom. The lowest BCUT2D eigenvalue weighted by Gasteiger charge is -2.06. The van der Waals surface area contributed by atoms with Gasteiger partial charge in [-0.3, -0.25) is 4.79 Å². The molecule has 0 saturated carbocycles. The molecular formula is C15H11N3O4. The van der Waals surface area contributed by atoms with E-state index in [-0.39, 0.29) is 12.4 Å². The first kappa shape index (κ1) is 12.6. The molecule has 0 aliphatic carbocycles. The van der Waals surface area contributed by atoms with Crippen LogP contribution in [0.2, 0.25) is 0 Å². The van der Waals surface area contributed by atoms with Crippen molar-refractivity contribution in [2.45, 2.75) is 6.92 Å². The maximum Gasteiger partial charge on any atom is 0.282 e. The maximum atomic E-state index is 12.6. The number of aryl methyl sites for hydroxylation is 1. The van der Waals surface area contributed by atoms with Crippen LogP contribution >= 0.6 is 0 Å². The number of benzene rings is 1. The Balaban J connectivity index is 1.89. The molecule has 0 radical (unpaired) electrons. The molecular weight excluding hydrogens is 286 g/mol. The monoisotopic (exact) mass is 297 g/mol. The highest BCUT2D eigenvalue weighted by Gasteiger charge is 2.17. The third-order valence-corrected chi connectivity index (χ3v) is 3.35. The van der Waals surface area contributed by atoms with Gasteiger partial charge in [-0.15, -0.1) is 0 Å². The predicted molar refractivity (Wildman–Crippen MR) is 78.6 cm³/mol. The second-order valence-corrected chi connectivity index (χ2v) is 4.76. The van der Waals surface area contributed by atoms with E-state index in [2.05, 4.69) is 10.1 Å². The quantitative estimate of drug-likeness (QED) is 0.675. The number of hydrogen-bond acceptors (Lipinski definition) is 6. The van der Waals surface area contributed by atoms with Crippen LogP contribution in [0, 0.1) is 6.92 Å². The summed E-state index contributed by atoms with van der Waals surface area (Å²) in [5, 5.41) is 4.56. The largest absolute Gasteiger partial charge is 0.463 e. The van der Waals surface area contributed by atoms with Gasteiger partial charge in [-0.05, 0) is 25.1 Å². The van der Waals surface area contributed by atoms with Crippen LogP contribution in [-0.2, 0) is 0 Å². The SMILES string of the molecule is Cc1nc2cc3c(cc2c(=O)n1/N=C/c1ccco1)OCO3. The molecule has 1 aliphatic rings. The third-order valence-electron chi connectivity index (χ3n) is 3.35. The van der Waals surface area contributed by atoms with Gasteiger partial charge in [0.1, 0.15) is 11.6 Å². The number of ether oxygens (including phenoxy) is 2. The lowest BCUT2D eigenvalue weighted by Crippen LogP contribution is -2.20. The molecule has 3 aromatic rings. The molecule has 110 valence electrons. The molecule has 7 heteroatoms. The van der Waals surface area contributed by atoms with Crippen molar-refractivity contribution in [1.82, 2.24) is 9.66 Å². The van der Waals surface area contributed by atoms with E-state index in [1.807, 2.05) is 0 Å². The molecule has 22 heavy (non-hydrogen) atoms. The topological polar surface area (TPSA) is 78.9 Å². The fraction of sp³-hybridized carbons (Fsp3) is 0.133. The van der Waals surface area contributed by atoms with Crippen LogP contribution in [0.3, 0.4) is 0 Å². The van der Waals surface area contributed by atoms with Gasteiger partial charge in [0.05, 0.1) is 23.4 Å². The minimum absolute atomic E-state index is 0.148. The molecule has 4 rings (SSSR count). The van der Waals surface area contributed by atoms with Gasteiger partial charge in [-0.25, -0.2) is 4.98 Å². The van der Waals surface area contributed by atoms with Crippen LogP contribution < -0.4 is 15.0 Å². The van der Waals surface area contributed by atoms with Crippen molar-refractivity contribution in [3.63, 3.8) is 0 Å². The molecule has 0 unspecified atom stereocenters. The van der Waals surface area contributed by atoms with E-state index in [0.717, 1.165) is 0 Å². The zero-order chi connectivity index (χ0) is 15.1. The Hall–Kier alpha value is -3.09. The van der Waals surface area contributed by atoms with E-state index in [0.29, 0.717) is 34.0 Å². The van der Waals surface area contributed by atoms with Gasteiger partial charge in [0.2, 0.25) is 6.79 Å². The summed E-state index contributed by atoms with van der Waals surface area (Å²) >= 11 is 0. The van der Waals surface area contributed by atoms with Crippen LogP contribution in [0.15, 0.2) is 44.8 Å². The predicted octanol–water partition coefficient (Wildman–Crippen LogP) is 1.91. The van der Waals surface area contributed by atoms with E-state index in [4.69, 9.17) is 13.9 Å². The number of aromatic nitrogens is 2. The van der Waals surface area contributed by atoms with E-state index in [9.17, 15) is 4.79 Å². The van der Waals surface area contributed by atoms with Crippen LogP contribution in [0.1, 0.15) is 11.6 Å². The molecule has 0 spiro atoms. The molecule has 0 bridgehead atoms. The minimum Gasteiger partial charge on any atom is -0.463 e. The van der Waals surface area contributed by atoms with Crippen LogP contribution in [-0.4, -0.2) is 22.7 Å². The van der Waals surface area contributed by atoms with Crippen LogP contribution in [0.25, 0.3) is 10.9 Å². The van der Waals surface area contributed by atoms with Crippen molar-refractivity contribution in [3.8, 4) is 11.5 Å². The number of nitrogens with zero attached hydrogens (tertiary/aromatic N) is 3. The van der Waals surface area contributed by atoms with Gasteiger partial charge in [0.25, 0.3) is 5.56 Å². The highest BCUT2D eigenvalue weighted by Crippen LogP contribution is 2.34. The Morgan fingerprint density at radius 3 is 2.91 bits per heavy atom. The van der Waals surface area contributed by atoms with E-state index in [1.165, 1.54) is 17.2 Å². The van der Waals surface area contributed by atoms with Gasteiger partial charge >= 0.3 is 0 Å². The normalized spacial score (nSPS) is 13.3. The first-order valence-electron chi connectivity index (χ1n) is 6.63. The standard InChI is InChI=1S/C15H11N3O4/c1-9-17-12-6-14-13(21-8-22-14)5-11(12)15(19)18(9)16-7-10-3-2-4-20-10/h2-7H,8H2,1H3/b16-7+. The summed E-state index contributed by atoms with van der Waals surface area (Å²) < 4.78 is 17.0. The van der Waals surface area contributed by atoms with Crippen molar-refractivity contribution >= 4 is 17.1 Å². The average Bonchev–Trinajstić information content (AvgIpc) is 3.15. The lowest BCUT2D eigenvalue weighted by molar-refractivity contribution is 0.174. The first-order valence-corrected chi connectivity index (χ1v) is 6.63. The summed E-state index contributed by atoms with van der Waals surface area (Å²) in [4.78, 5) is 17.0. The van der Waals surface area contributed by atoms with Gasteiger partial charge < -0.3 is 13.9 Å². The van der Waals surface area contributed by atoms with Crippen molar-refractivity contribution in [2.75, 3.05) is 6.79 Å². The molecule has 0 saturated heterocycles. The highest BCUT2D eigenvalue weighted by molar-refractivity contribution is 5.82. The second-order valence-electron chi connectivity index (χ2n) is 4.76. The molecule has 0 fully saturated rings. The Bertz CT molecular complexity index is 942. The minimum atomic E-state index is -0.274. The molecule has 3 heterocycles. The van der Waals surface area contributed by atoms with Gasteiger partial charge in [0, 0.05) is 6.07 Å². The summed E-state index contributed by atoms with van der Waals surface area (Å²) in [6.45, 7) is 1.86. The second kappa shape index (κ2) is 4.73. The van der Waals surface area contributed by atoms with Crippen molar-refractivity contribution in [1.29, 1.82) is 0 Å².